The first-order valence-corrected chi connectivity index (χ1v) is 8.94. The third-order valence-electron chi connectivity index (χ3n) is 3.63. The number of fused-ring (bicyclic) bond motifs is 1. The number of rotatable bonds is 4. The van der Waals surface area contributed by atoms with Crippen molar-refractivity contribution in [2.24, 2.45) is 0 Å². The number of H-pyrrole nitrogens is 1. The maximum atomic E-state index is 11.4. The average molecular weight is 385 g/mol. The fourth-order valence-corrected chi connectivity index (χ4v) is 3.81. The molecule has 3 aromatic heterocycles. The largest absolute Gasteiger partial charge is 0.404 e. The van der Waals surface area contributed by atoms with E-state index in [-0.39, 0.29) is 5.88 Å². The number of hydrogen-bond donors (Lipinski definition) is 2. The monoisotopic (exact) mass is 384 g/mol. The van der Waals surface area contributed by atoms with E-state index in [4.69, 9.17) is 16.3 Å². The number of nitrogens with zero attached hydrogens (tertiary/aromatic N) is 2. The van der Waals surface area contributed by atoms with Crippen LogP contribution < -0.4 is 10.1 Å². The van der Waals surface area contributed by atoms with Crippen molar-refractivity contribution < 1.29 is 9.53 Å². The third-order valence-corrected chi connectivity index (χ3v) is 5.04. The Morgan fingerprint density at radius 2 is 2.15 bits per heavy atom. The second-order valence-corrected chi connectivity index (χ2v) is 7.02. The molecule has 26 heavy (non-hydrogen) atoms. The molecule has 0 fully saturated rings. The van der Waals surface area contributed by atoms with Gasteiger partial charge in [-0.3, -0.25) is 4.79 Å². The van der Waals surface area contributed by atoms with E-state index in [0.29, 0.717) is 10.8 Å². The molecular formula is C18H13ClN4O2S. The highest BCUT2D eigenvalue weighted by Crippen LogP contribution is 2.41. The Morgan fingerprint density at radius 1 is 1.27 bits per heavy atom. The molecule has 6 nitrogen and oxygen atoms in total. The van der Waals surface area contributed by atoms with Gasteiger partial charge >= 0.3 is 5.97 Å². The van der Waals surface area contributed by atoms with E-state index >= 15 is 0 Å². The van der Waals surface area contributed by atoms with Gasteiger partial charge in [0.2, 0.25) is 0 Å². The molecule has 0 aliphatic rings. The Kier molecular flexibility index (Phi) is 4.32. The molecule has 0 bridgehead atoms. The zero-order valence-corrected chi connectivity index (χ0v) is 15.2. The molecule has 4 aromatic rings. The molecule has 8 heteroatoms. The smallest absolute Gasteiger partial charge is 0.309 e. The molecule has 0 amide bonds. The van der Waals surface area contributed by atoms with Gasteiger partial charge in [0.1, 0.15) is 4.70 Å². The first kappa shape index (κ1) is 16.6. The van der Waals surface area contributed by atoms with Gasteiger partial charge in [-0.1, -0.05) is 23.7 Å². The van der Waals surface area contributed by atoms with E-state index in [2.05, 4.69) is 20.5 Å². The number of nitrogens with one attached hydrogen (secondary N) is 2. The van der Waals surface area contributed by atoms with Crippen LogP contribution in [0.5, 0.6) is 5.88 Å². The molecule has 0 aliphatic heterocycles. The highest BCUT2D eigenvalue weighted by atomic mass is 35.5. The van der Waals surface area contributed by atoms with Crippen LogP contribution in [0.3, 0.4) is 0 Å². The summed E-state index contributed by atoms with van der Waals surface area (Å²) in [4.78, 5) is 15.4. The van der Waals surface area contributed by atoms with Crippen LogP contribution in [-0.2, 0) is 4.79 Å². The predicted molar refractivity (Wildman–Crippen MR) is 103 cm³/mol. The highest BCUT2D eigenvalue weighted by Gasteiger charge is 2.17. The molecule has 0 aliphatic carbocycles. The molecule has 0 saturated heterocycles. The highest BCUT2D eigenvalue weighted by molar-refractivity contribution is 7.22. The lowest BCUT2D eigenvalue weighted by atomic mass is 10.2. The first-order chi connectivity index (χ1) is 12.6. The lowest BCUT2D eigenvalue weighted by Crippen LogP contribution is -2.05. The number of ether oxygens (including phenoxy) is 1. The van der Waals surface area contributed by atoms with Crippen LogP contribution in [0.2, 0.25) is 5.02 Å². The van der Waals surface area contributed by atoms with Crippen LogP contribution in [0.1, 0.15) is 6.92 Å². The number of aromatic amines is 1. The number of anilines is 2. The Morgan fingerprint density at radius 3 is 2.88 bits per heavy atom. The van der Waals surface area contributed by atoms with E-state index in [0.717, 1.165) is 26.2 Å². The van der Waals surface area contributed by atoms with Crippen molar-refractivity contribution in [1.29, 1.82) is 0 Å². The van der Waals surface area contributed by atoms with Gasteiger partial charge in [-0.2, -0.15) is 0 Å². The molecule has 0 atom stereocenters. The molecule has 130 valence electrons. The number of esters is 1. The van der Waals surface area contributed by atoms with Crippen LogP contribution >= 0.6 is 22.9 Å². The van der Waals surface area contributed by atoms with Gasteiger partial charge in [-0.25, -0.2) is 0 Å². The summed E-state index contributed by atoms with van der Waals surface area (Å²) >= 11 is 7.58. The van der Waals surface area contributed by atoms with Crippen molar-refractivity contribution in [2.75, 3.05) is 5.32 Å². The van der Waals surface area contributed by atoms with Crippen molar-refractivity contribution in [3.05, 3.63) is 53.8 Å². The summed E-state index contributed by atoms with van der Waals surface area (Å²) in [6, 6.07) is 11.5. The summed E-state index contributed by atoms with van der Waals surface area (Å²) in [5.74, 6) is 0.343. The SMILES string of the molecule is CC(=O)Oc1nnc(Nc2cc[nH]c2)c2cc(-c3cccc(Cl)c3)sc12. The summed E-state index contributed by atoms with van der Waals surface area (Å²) in [6.45, 7) is 1.34. The summed E-state index contributed by atoms with van der Waals surface area (Å²) in [5, 5.41) is 12.9. The van der Waals surface area contributed by atoms with E-state index in [1.165, 1.54) is 18.3 Å². The van der Waals surface area contributed by atoms with Gasteiger partial charge in [0.15, 0.2) is 5.82 Å². The van der Waals surface area contributed by atoms with Gasteiger partial charge in [-0.05, 0) is 29.8 Å². The Labute approximate surface area is 157 Å². The third kappa shape index (κ3) is 3.26. The van der Waals surface area contributed by atoms with Crippen LogP contribution in [0.15, 0.2) is 48.8 Å². The summed E-state index contributed by atoms with van der Waals surface area (Å²) in [6.07, 6.45) is 3.63. The number of thiophene rings is 1. The van der Waals surface area contributed by atoms with E-state index in [1.54, 1.807) is 0 Å². The maximum absolute atomic E-state index is 11.4. The van der Waals surface area contributed by atoms with Crippen molar-refractivity contribution in [2.45, 2.75) is 6.92 Å². The van der Waals surface area contributed by atoms with Crippen LogP contribution in [-0.4, -0.2) is 21.2 Å². The number of halogens is 1. The summed E-state index contributed by atoms with van der Waals surface area (Å²) in [7, 11) is 0. The average Bonchev–Trinajstić information content (AvgIpc) is 3.26. The molecule has 0 radical (unpaired) electrons. The minimum atomic E-state index is -0.440. The Hall–Kier alpha value is -2.90. The second-order valence-electron chi connectivity index (χ2n) is 5.54. The summed E-state index contributed by atoms with van der Waals surface area (Å²) in [5.41, 5.74) is 1.83. The maximum Gasteiger partial charge on any atom is 0.309 e. The fraction of sp³-hybridized carbons (Fsp3) is 0.0556. The number of benzene rings is 1. The molecular weight excluding hydrogens is 372 g/mol. The predicted octanol–water partition coefficient (Wildman–Crippen LogP) is 5.01. The zero-order valence-electron chi connectivity index (χ0n) is 13.6. The molecule has 0 spiro atoms. The van der Waals surface area contributed by atoms with E-state index < -0.39 is 5.97 Å². The van der Waals surface area contributed by atoms with Crippen molar-refractivity contribution in [3.63, 3.8) is 0 Å². The van der Waals surface area contributed by atoms with Crippen LogP contribution in [0.4, 0.5) is 11.5 Å². The van der Waals surface area contributed by atoms with E-state index in [1.807, 2.05) is 48.8 Å². The lowest BCUT2D eigenvalue weighted by Gasteiger charge is -2.06. The number of aromatic nitrogens is 3. The van der Waals surface area contributed by atoms with E-state index in [9.17, 15) is 4.79 Å². The fourth-order valence-electron chi connectivity index (χ4n) is 2.54. The molecule has 2 N–H and O–H groups in total. The first-order valence-electron chi connectivity index (χ1n) is 7.74. The van der Waals surface area contributed by atoms with Gasteiger partial charge in [0.05, 0.1) is 5.69 Å². The number of carbonyl (C=O) groups excluding carboxylic acids is 1. The number of carbonyl (C=O) groups is 1. The topological polar surface area (TPSA) is 79.9 Å². The normalized spacial score (nSPS) is 10.8. The van der Waals surface area contributed by atoms with Gasteiger partial charge < -0.3 is 15.0 Å². The van der Waals surface area contributed by atoms with Crippen molar-refractivity contribution >= 4 is 50.5 Å². The Balaban J connectivity index is 1.86. The lowest BCUT2D eigenvalue weighted by molar-refractivity contribution is -0.132. The molecule has 0 saturated carbocycles. The van der Waals surface area contributed by atoms with Crippen molar-refractivity contribution in [3.8, 4) is 16.3 Å². The second kappa shape index (κ2) is 6.78. The van der Waals surface area contributed by atoms with Crippen LogP contribution in [0.25, 0.3) is 20.5 Å². The quantitative estimate of drug-likeness (QED) is 0.483. The standard InChI is InChI=1S/C18H13ClN4O2S/c1-10(24)25-18-16-14(17(22-23-18)21-13-5-6-20-9-13)8-15(26-16)11-3-2-4-12(19)7-11/h2-9,20H,1H3,(H,21,22). The van der Waals surface area contributed by atoms with Gasteiger partial charge in [0.25, 0.3) is 5.88 Å². The molecule has 1 aromatic carbocycles. The molecule has 0 unspecified atom stereocenters. The number of hydrogen-bond acceptors (Lipinski definition) is 6. The zero-order chi connectivity index (χ0) is 18.1. The van der Waals surface area contributed by atoms with Gasteiger partial charge in [-0.15, -0.1) is 21.5 Å². The Bertz CT molecular complexity index is 1090. The van der Waals surface area contributed by atoms with Crippen LogP contribution in [0, 0.1) is 0 Å². The van der Waals surface area contributed by atoms with Gasteiger partial charge in [0, 0.05) is 34.6 Å². The minimum absolute atomic E-state index is 0.199. The summed E-state index contributed by atoms with van der Waals surface area (Å²) < 4.78 is 5.97. The molecule has 3 heterocycles. The molecule has 4 rings (SSSR count). The van der Waals surface area contributed by atoms with Crippen molar-refractivity contribution in [1.82, 2.24) is 15.2 Å². The minimum Gasteiger partial charge on any atom is -0.404 e.